The van der Waals surface area contributed by atoms with E-state index in [2.05, 4.69) is 92.1 Å². The SMILES string of the molecule is CC/C=C\C/C=C\C/C=C\C/C=C\C/C=C\C/C=C\CCCCCCCCCCCCCCC(=O)NC(COC1OC(CO)C(OC2OC(CO)C(OC3OC(CO)C(O)C(O)C3O)C(O)C2O)C(O)C1O)C(O)CCCCCCC. The zero-order valence-electron chi connectivity index (χ0n) is 48.7. The Morgan fingerprint density at radius 1 is 0.457 bits per heavy atom. The van der Waals surface area contributed by atoms with E-state index in [4.69, 9.17) is 28.4 Å². The van der Waals surface area contributed by atoms with Crippen LogP contribution in [0.25, 0.3) is 0 Å². The number of hydrogen-bond donors (Lipinski definition) is 12. The van der Waals surface area contributed by atoms with Crippen LogP contribution in [0.3, 0.4) is 0 Å². The molecular formula is C62H107NO18. The van der Waals surface area contributed by atoms with Crippen molar-refractivity contribution >= 4 is 5.91 Å². The van der Waals surface area contributed by atoms with Gasteiger partial charge in [0.25, 0.3) is 0 Å². The molecule has 81 heavy (non-hydrogen) atoms. The maximum atomic E-state index is 13.2. The van der Waals surface area contributed by atoms with Crippen LogP contribution >= 0.6 is 0 Å². The van der Waals surface area contributed by atoms with E-state index < -0.39 is 124 Å². The molecule has 12 N–H and O–H groups in total. The van der Waals surface area contributed by atoms with E-state index in [-0.39, 0.29) is 18.9 Å². The van der Waals surface area contributed by atoms with Crippen molar-refractivity contribution < 1.29 is 89.4 Å². The molecule has 0 aliphatic carbocycles. The first kappa shape index (κ1) is 72.5. The Kier molecular flexibility index (Phi) is 40.0. The summed E-state index contributed by atoms with van der Waals surface area (Å²) < 4.78 is 34.1. The third-order valence-corrected chi connectivity index (χ3v) is 15.0. The maximum Gasteiger partial charge on any atom is 0.220 e. The van der Waals surface area contributed by atoms with Crippen LogP contribution in [-0.2, 0) is 33.2 Å². The topological polar surface area (TPSA) is 307 Å². The summed E-state index contributed by atoms with van der Waals surface area (Å²) in [5.74, 6) is -0.256. The van der Waals surface area contributed by atoms with Gasteiger partial charge in [0.05, 0.1) is 38.6 Å². The minimum atomic E-state index is -1.97. The smallest absolute Gasteiger partial charge is 0.220 e. The van der Waals surface area contributed by atoms with Gasteiger partial charge in [-0.3, -0.25) is 4.79 Å². The highest BCUT2D eigenvalue weighted by Crippen LogP contribution is 2.33. The van der Waals surface area contributed by atoms with Crippen molar-refractivity contribution in [2.45, 2.75) is 285 Å². The van der Waals surface area contributed by atoms with Crippen molar-refractivity contribution in [3.63, 3.8) is 0 Å². The molecule has 19 nitrogen and oxygen atoms in total. The van der Waals surface area contributed by atoms with Gasteiger partial charge in [-0.15, -0.1) is 0 Å². The summed E-state index contributed by atoms with van der Waals surface area (Å²) in [5, 5.41) is 120. The van der Waals surface area contributed by atoms with Gasteiger partial charge in [-0.25, -0.2) is 0 Å². The molecule has 1 amide bonds. The van der Waals surface area contributed by atoms with Crippen molar-refractivity contribution in [2.75, 3.05) is 26.4 Å². The first-order valence-electron chi connectivity index (χ1n) is 30.7. The van der Waals surface area contributed by atoms with Gasteiger partial charge >= 0.3 is 0 Å². The van der Waals surface area contributed by atoms with E-state index in [1.807, 2.05) is 0 Å². The molecule has 468 valence electrons. The number of rotatable bonds is 44. The van der Waals surface area contributed by atoms with Crippen molar-refractivity contribution in [1.29, 1.82) is 0 Å². The number of ether oxygens (including phenoxy) is 6. The molecule has 3 rings (SSSR count). The van der Waals surface area contributed by atoms with E-state index in [9.17, 15) is 61.0 Å². The van der Waals surface area contributed by atoms with Crippen molar-refractivity contribution in [2.24, 2.45) is 0 Å². The fourth-order valence-electron chi connectivity index (χ4n) is 10.0. The lowest BCUT2D eigenvalue weighted by Crippen LogP contribution is -2.66. The molecule has 0 spiro atoms. The zero-order chi connectivity index (χ0) is 59.0. The number of aliphatic hydroxyl groups is 11. The minimum Gasteiger partial charge on any atom is -0.394 e. The van der Waals surface area contributed by atoms with E-state index in [1.54, 1.807) is 0 Å². The van der Waals surface area contributed by atoms with Gasteiger partial charge < -0.3 is 89.9 Å². The Morgan fingerprint density at radius 2 is 0.852 bits per heavy atom. The molecule has 17 atom stereocenters. The zero-order valence-corrected chi connectivity index (χ0v) is 48.7. The molecule has 3 saturated heterocycles. The summed E-state index contributed by atoms with van der Waals surface area (Å²) in [7, 11) is 0. The van der Waals surface area contributed by atoms with Crippen LogP contribution in [0.15, 0.2) is 72.9 Å². The number of aliphatic hydroxyl groups excluding tert-OH is 11. The van der Waals surface area contributed by atoms with Gasteiger partial charge in [0.2, 0.25) is 5.91 Å². The summed E-state index contributed by atoms with van der Waals surface area (Å²) in [6.07, 6.45) is 26.5. The van der Waals surface area contributed by atoms with Crippen molar-refractivity contribution in [3.8, 4) is 0 Å². The van der Waals surface area contributed by atoms with Crippen LogP contribution in [0.1, 0.15) is 181 Å². The lowest BCUT2D eigenvalue weighted by Gasteiger charge is -2.48. The second-order valence-electron chi connectivity index (χ2n) is 21.8. The number of carbonyl (C=O) groups excluding carboxylic acids is 1. The van der Waals surface area contributed by atoms with Crippen LogP contribution in [0, 0.1) is 0 Å². The van der Waals surface area contributed by atoms with Crippen LogP contribution < -0.4 is 5.32 Å². The first-order chi connectivity index (χ1) is 39.3. The molecule has 19 heteroatoms. The predicted molar refractivity (Wildman–Crippen MR) is 309 cm³/mol. The third kappa shape index (κ3) is 28.3. The van der Waals surface area contributed by atoms with Crippen LogP contribution in [0.5, 0.6) is 0 Å². The number of carbonyl (C=O) groups is 1. The molecule has 0 aromatic heterocycles. The third-order valence-electron chi connectivity index (χ3n) is 15.0. The molecule has 0 aromatic carbocycles. The molecule has 0 aromatic rings. The highest BCUT2D eigenvalue weighted by molar-refractivity contribution is 5.76. The Balaban J connectivity index is 1.32. The van der Waals surface area contributed by atoms with Gasteiger partial charge in [-0.2, -0.15) is 0 Å². The van der Waals surface area contributed by atoms with E-state index in [0.29, 0.717) is 19.3 Å². The largest absolute Gasteiger partial charge is 0.394 e. The number of allylic oxidation sites excluding steroid dienone is 12. The number of amides is 1. The standard InChI is InChI=1S/C62H107NO18/c1-3-5-7-9-10-11-12-13-14-15-16-17-18-19-20-21-22-23-24-25-26-27-28-29-30-31-32-33-34-36-38-40-50(68)63-45(46(67)39-37-35-8-6-4-2)44-76-60-56(74)53(71)58(48(42-65)78-60)81-62-57(75)54(72)59(49(43-66)79-62)80-61-55(73)52(70)51(69)47(41-64)77-61/h5,7,10-11,13-14,16-17,19-20,22-23,45-49,51-62,64-67,69-75H,3-4,6,8-9,12,15,18,21,24-44H2,1-2H3,(H,63,68)/b7-5-,11-10-,14-13-,17-16-,20-19-,23-22-. The van der Waals surface area contributed by atoms with Crippen molar-refractivity contribution in [1.82, 2.24) is 5.32 Å². The molecule has 0 radical (unpaired) electrons. The second kappa shape index (κ2) is 44.7. The lowest BCUT2D eigenvalue weighted by molar-refractivity contribution is -0.379. The highest BCUT2D eigenvalue weighted by Gasteiger charge is 2.53. The molecule has 17 unspecified atom stereocenters. The number of nitrogens with one attached hydrogen (secondary N) is 1. The van der Waals surface area contributed by atoms with Crippen molar-refractivity contribution in [3.05, 3.63) is 72.9 Å². The summed E-state index contributed by atoms with van der Waals surface area (Å²) in [6.45, 7) is 1.54. The lowest BCUT2D eigenvalue weighted by atomic mass is 9.96. The van der Waals surface area contributed by atoms with E-state index >= 15 is 0 Å². The molecule has 3 fully saturated rings. The quantitative estimate of drug-likeness (QED) is 0.0253. The Labute approximate surface area is 483 Å². The van der Waals surface area contributed by atoms with Gasteiger partial charge in [0.1, 0.15) is 73.2 Å². The van der Waals surface area contributed by atoms with Gasteiger partial charge in [0, 0.05) is 6.42 Å². The summed E-state index contributed by atoms with van der Waals surface area (Å²) in [5.41, 5.74) is 0. The molecular weight excluding hydrogens is 1050 g/mol. The number of unbranched alkanes of at least 4 members (excludes halogenated alkanes) is 16. The van der Waals surface area contributed by atoms with Gasteiger partial charge in [-0.1, -0.05) is 183 Å². The monoisotopic (exact) mass is 1150 g/mol. The summed E-state index contributed by atoms with van der Waals surface area (Å²) in [6, 6.07) is -0.887. The number of hydrogen-bond acceptors (Lipinski definition) is 18. The maximum absolute atomic E-state index is 13.2. The van der Waals surface area contributed by atoms with E-state index in [0.717, 1.165) is 89.9 Å². The van der Waals surface area contributed by atoms with Gasteiger partial charge in [-0.05, 0) is 64.2 Å². The van der Waals surface area contributed by atoms with E-state index in [1.165, 1.54) is 51.4 Å². The Bertz CT molecular complexity index is 1760. The second-order valence-corrected chi connectivity index (χ2v) is 21.8. The van der Waals surface area contributed by atoms with Crippen LogP contribution in [-0.4, -0.2) is 193 Å². The summed E-state index contributed by atoms with van der Waals surface area (Å²) >= 11 is 0. The average molecular weight is 1150 g/mol. The normalized spacial score (nSPS) is 30.3. The average Bonchev–Trinajstić information content (AvgIpc) is 3.48. The van der Waals surface area contributed by atoms with Crippen LogP contribution in [0.4, 0.5) is 0 Å². The fraction of sp³-hybridized carbons (Fsp3) is 0.790. The highest BCUT2D eigenvalue weighted by atomic mass is 16.8. The molecule has 3 aliphatic heterocycles. The summed E-state index contributed by atoms with van der Waals surface area (Å²) in [4.78, 5) is 13.2. The predicted octanol–water partition coefficient (Wildman–Crippen LogP) is 5.82. The fourth-order valence-corrected chi connectivity index (χ4v) is 10.0. The Morgan fingerprint density at radius 3 is 1.33 bits per heavy atom. The Hall–Kier alpha value is -2.77. The molecule has 0 bridgehead atoms. The first-order valence-corrected chi connectivity index (χ1v) is 30.7. The molecule has 3 aliphatic rings. The van der Waals surface area contributed by atoms with Gasteiger partial charge in [0.15, 0.2) is 18.9 Å². The molecule has 0 saturated carbocycles. The molecule has 3 heterocycles. The van der Waals surface area contributed by atoms with Crippen LogP contribution in [0.2, 0.25) is 0 Å². The minimum absolute atomic E-state index is 0.256.